The zero-order valence-electron chi connectivity index (χ0n) is 24.6. The number of esters is 1. The van der Waals surface area contributed by atoms with Gasteiger partial charge < -0.3 is 14.9 Å². The number of ether oxygens (including phenoxy) is 1. The van der Waals surface area contributed by atoms with Crippen molar-refractivity contribution in [1.29, 1.82) is 0 Å². The molecule has 2 fully saturated rings. The maximum absolute atomic E-state index is 14.1. The number of methoxy groups -OCH3 is 1. The van der Waals surface area contributed by atoms with Crippen LogP contribution in [0.2, 0.25) is 0 Å². The lowest BCUT2D eigenvalue weighted by Crippen LogP contribution is -2.64. The first-order valence-corrected chi connectivity index (χ1v) is 14.2. The van der Waals surface area contributed by atoms with Crippen molar-refractivity contribution in [3.63, 3.8) is 0 Å². The largest absolute Gasteiger partial charge is 0.469 e. The van der Waals surface area contributed by atoms with Crippen LogP contribution in [0.4, 0.5) is 0 Å². The third kappa shape index (κ3) is 3.87. The van der Waals surface area contributed by atoms with E-state index in [0.29, 0.717) is 12.8 Å². The van der Waals surface area contributed by atoms with E-state index in [2.05, 4.69) is 0 Å². The zero-order chi connectivity index (χ0) is 29.5. The number of fused-ring (bicyclic) bond motifs is 4. The highest BCUT2D eigenvalue weighted by Gasteiger charge is 2.73. The van der Waals surface area contributed by atoms with Gasteiger partial charge in [0.2, 0.25) is 0 Å². The highest BCUT2D eigenvalue weighted by molar-refractivity contribution is 6.17. The Hall–Kier alpha value is -2.19. The molecule has 0 aliphatic heterocycles. The summed E-state index contributed by atoms with van der Waals surface area (Å²) in [5.41, 5.74) is -3.49. The standard InChI is InChI=1S/C31H44O8/c1-15(11-17(32)12-16(2)27(38)39-8)18-13-22(35)31(7)23-19(33)14-20-28(3,4)21(34)9-10-29(20,5)24(23)25(36)26(37)30(18,31)6/h15-16,18,20-21,26,34,37H,9-14H2,1-8H3/t15-,16+,18+,20-,21-,26+,29-,30-,31-/m0/s1. The summed E-state index contributed by atoms with van der Waals surface area (Å²) in [4.78, 5) is 66.7. The van der Waals surface area contributed by atoms with Crippen LogP contribution in [0.1, 0.15) is 87.0 Å². The van der Waals surface area contributed by atoms with Gasteiger partial charge in [0, 0.05) is 47.7 Å². The quantitative estimate of drug-likeness (QED) is 0.486. The van der Waals surface area contributed by atoms with Crippen LogP contribution in [0.5, 0.6) is 0 Å². The third-order valence-electron chi connectivity index (χ3n) is 11.7. The summed E-state index contributed by atoms with van der Waals surface area (Å²) in [5, 5.41) is 22.5. The number of carbonyl (C=O) groups is 5. The molecule has 0 bridgehead atoms. The maximum atomic E-state index is 14.1. The van der Waals surface area contributed by atoms with E-state index in [1.165, 1.54) is 7.11 Å². The van der Waals surface area contributed by atoms with Crippen molar-refractivity contribution in [2.75, 3.05) is 7.11 Å². The van der Waals surface area contributed by atoms with Gasteiger partial charge in [-0.1, -0.05) is 41.5 Å². The van der Waals surface area contributed by atoms with Gasteiger partial charge in [0.15, 0.2) is 11.6 Å². The second-order valence-corrected chi connectivity index (χ2v) is 14.0. The molecule has 4 aliphatic rings. The first-order valence-electron chi connectivity index (χ1n) is 14.2. The normalized spacial score (nSPS) is 40.9. The molecule has 0 spiro atoms. The molecule has 2 N–H and O–H groups in total. The SMILES string of the molecule is COC(=O)[C@H](C)CC(=O)C[C@H](C)[C@H]1CC(=O)[C@@]2(C)C3=C(C(=O)[C@@H](O)[C@]12C)[C@@]1(C)CC[C@H](O)C(C)(C)[C@@H]1CC3=O. The van der Waals surface area contributed by atoms with Crippen LogP contribution >= 0.6 is 0 Å². The molecule has 0 unspecified atom stereocenters. The van der Waals surface area contributed by atoms with Gasteiger partial charge in [0.1, 0.15) is 17.7 Å². The van der Waals surface area contributed by atoms with E-state index in [0.717, 1.165) is 0 Å². The van der Waals surface area contributed by atoms with Crippen molar-refractivity contribution < 1.29 is 38.9 Å². The fourth-order valence-electron chi connectivity index (χ4n) is 9.05. The van der Waals surface area contributed by atoms with Gasteiger partial charge in [0.25, 0.3) is 0 Å². The van der Waals surface area contributed by atoms with Gasteiger partial charge in [-0.25, -0.2) is 0 Å². The number of rotatable bonds is 6. The minimum Gasteiger partial charge on any atom is -0.469 e. The van der Waals surface area contributed by atoms with Crippen LogP contribution in [0.3, 0.4) is 0 Å². The van der Waals surface area contributed by atoms with Crippen molar-refractivity contribution in [3.05, 3.63) is 11.1 Å². The van der Waals surface area contributed by atoms with Crippen molar-refractivity contribution >= 4 is 29.1 Å². The predicted molar refractivity (Wildman–Crippen MR) is 142 cm³/mol. The van der Waals surface area contributed by atoms with Crippen LogP contribution < -0.4 is 0 Å². The van der Waals surface area contributed by atoms with Crippen LogP contribution in [0.25, 0.3) is 0 Å². The molecule has 2 saturated carbocycles. The number of Topliss-reactive ketones (excluding diaryl/α,β-unsaturated/α-hetero) is 4. The summed E-state index contributed by atoms with van der Waals surface area (Å²) in [6.45, 7) is 12.7. The molecular formula is C31H44O8. The molecular weight excluding hydrogens is 500 g/mol. The number of carbonyl (C=O) groups excluding carboxylic acids is 5. The molecule has 0 saturated heterocycles. The van der Waals surface area contributed by atoms with Gasteiger partial charge in [-0.15, -0.1) is 0 Å². The van der Waals surface area contributed by atoms with Gasteiger partial charge in [-0.3, -0.25) is 24.0 Å². The van der Waals surface area contributed by atoms with E-state index in [4.69, 9.17) is 4.74 Å². The number of hydrogen-bond acceptors (Lipinski definition) is 8. The second-order valence-electron chi connectivity index (χ2n) is 14.0. The molecule has 216 valence electrons. The summed E-state index contributed by atoms with van der Waals surface area (Å²) in [5.74, 6) is -3.36. The van der Waals surface area contributed by atoms with E-state index >= 15 is 0 Å². The number of hydrogen-bond donors (Lipinski definition) is 2. The summed E-state index contributed by atoms with van der Waals surface area (Å²) >= 11 is 0. The van der Waals surface area contributed by atoms with Gasteiger partial charge >= 0.3 is 5.97 Å². The van der Waals surface area contributed by atoms with E-state index in [9.17, 15) is 34.2 Å². The number of aliphatic hydroxyl groups is 2. The summed E-state index contributed by atoms with van der Waals surface area (Å²) in [7, 11) is 1.27. The van der Waals surface area contributed by atoms with Gasteiger partial charge in [-0.2, -0.15) is 0 Å². The lowest BCUT2D eigenvalue weighted by Gasteiger charge is -2.60. The first kappa shape index (κ1) is 29.8. The lowest BCUT2D eigenvalue weighted by atomic mass is 9.42. The molecule has 4 aliphatic carbocycles. The zero-order valence-corrected chi connectivity index (χ0v) is 24.6. The van der Waals surface area contributed by atoms with Gasteiger partial charge in [-0.05, 0) is 42.9 Å². The Morgan fingerprint density at radius 1 is 0.974 bits per heavy atom. The second kappa shape index (κ2) is 9.44. The van der Waals surface area contributed by atoms with Gasteiger partial charge in [0.05, 0.1) is 24.5 Å². The van der Waals surface area contributed by atoms with Crippen molar-refractivity contribution in [2.24, 2.45) is 45.3 Å². The molecule has 4 rings (SSSR count). The molecule has 0 aromatic heterocycles. The highest BCUT2D eigenvalue weighted by atomic mass is 16.5. The van der Waals surface area contributed by atoms with E-state index in [-0.39, 0.29) is 66.0 Å². The Balaban J connectivity index is 1.77. The Morgan fingerprint density at radius 3 is 2.18 bits per heavy atom. The highest BCUT2D eigenvalue weighted by Crippen LogP contribution is 2.70. The molecule has 0 heterocycles. The Bertz CT molecular complexity index is 1170. The number of allylic oxidation sites excluding steroid dienone is 1. The average molecular weight is 545 g/mol. The minimum atomic E-state index is -1.51. The monoisotopic (exact) mass is 544 g/mol. The van der Waals surface area contributed by atoms with Crippen LogP contribution in [0.15, 0.2) is 11.1 Å². The number of aliphatic hydroxyl groups excluding tert-OH is 2. The van der Waals surface area contributed by atoms with Crippen LogP contribution in [0, 0.1) is 45.3 Å². The minimum absolute atomic E-state index is 0.00229. The summed E-state index contributed by atoms with van der Waals surface area (Å²) in [6.07, 6.45) is -0.920. The Morgan fingerprint density at radius 2 is 1.59 bits per heavy atom. The molecule has 8 nitrogen and oxygen atoms in total. The first-order chi connectivity index (χ1) is 17.9. The molecule has 39 heavy (non-hydrogen) atoms. The van der Waals surface area contributed by atoms with Crippen LogP contribution in [-0.2, 0) is 28.7 Å². The molecule has 8 heteroatoms. The third-order valence-corrected chi connectivity index (χ3v) is 11.7. The molecule has 0 amide bonds. The molecule has 0 aromatic carbocycles. The number of ketones is 4. The average Bonchev–Trinajstić information content (AvgIpc) is 3.07. The summed E-state index contributed by atoms with van der Waals surface area (Å²) < 4.78 is 4.73. The molecule has 9 atom stereocenters. The predicted octanol–water partition coefficient (Wildman–Crippen LogP) is 3.40. The van der Waals surface area contributed by atoms with Crippen molar-refractivity contribution in [3.8, 4) is 0 Å². The Labute approximate surface area is 230 Å². The lowest BCUT2D eigenvalue weighted by molar-refractivity contribution is -0.159. The smallest absolute Gasteiger partial charge is 0.308 e. The maximum Gasteiger partial charge on any atom is 0.308 e. The van der Waals surface area contributed by atoms with E-state index in [1.807, 2.05) is 27.7 Å². The Kier molecular flexibility index (Phi) is 7.21. The van der Waals surface area contributed by atoms with Crippen molar-refractivity contribution in [2.45, 2.75) is 99.2 Å². The van der Waals surface area contributed by atoms with E-state index in [1.54, 1.807) is 20.8 Å². The summed E-state index contributed by atoms with van der Waals surface area (Å²) in [6, 6.07) is 0. The molecule has 0 aromatic rings. The molecule has 0 radical (unpaired) electrons. The van der Waals surface area contributed by atoms with Crippen LogP contribution in [-0.4, -0.2) is 58.6 Å². The van der Waals surface area contributed by atoms with Crippen molar-refractivity contribution in [1.82, 2.24) is 0 Å². The fraction of sp³-hybridized carbons (Fsp3) is 0.774. The topological polar surface area (TPSA) is 135 Å². The van der Waals surface area contributed by atoms with E-state index < -0.39 is 57.5 Å². The fourth-order valence-corrected chi connectivity index (χ4v) is 9.05.